The fourth-order valence-electron chi connectivity index (χ4n) is 4.66. The highest BCUT2D eigenvalue weighted by Crippen LogP contribution is 2.32. The number of hydrogen-bond acceptors (Lipinski definition) is 3. The van der Waals surface area contributed by atoms with E-state index in [4.69, 9.17) is 4.74 Å². The smallest absolute Gasteiger partial charge is 0.210 e. The lowest BCUT2D eigenvalue weighted by Gasteiger charge is -2.22. The summed E-state index contributed by atoms with van der Waals surface area (Å²) in [4.78, 5) is 16.4. The van der Waals surface area contributed by atoms with Gasteiger partial charge in [-0.05, 0) is 90.2 Å². The van der Waals surface area contributed by atoms with Crippen molar-refractivity contribution in [1.29, 1.82) is 0 Å². The van der Waals surface area contributed by atoms with E-state index in [1.807, 2.05) is 77.3 Å². The Labute approximate surface area is 229 Å². The molecule has 4 aromatic rings. The van der Waals surface area contributed by atoms with Crippen molar-refractivity contribution in [3.05, 3.63) is 94.7 Å². The molecule has 0 saturated heterocycles. The van der Waals surface area contributed by atoms with E-state index in [1.165, 1.54) is 25.7 Å². The van der Waals surface area contributed by atoms with Crippen LogP contribution in [0.2, 0.25) is 0 Å². The number of aromatic nitrogens is 1. The van der Waals surface area contributed by atoms with Crippen molar-refractivity contribution in [2.24, 2.45) is 0 Å². The summed E-state index contributed by atoms with van der Waals surface area (Å²) < 4.78 is 8.87. The number of rotatable bonds is 14. The molecule has 2 aromatic carbocycles. The maximum atomic E-state index is 13.8. The topological polar surface area (TPSA) is 34.0 Å². The zero-order valence-electron chi connectivity index (χ0n) is 22.0. The number of fused-ring (bicyclic) bond motifs is 1. The molecule has 0 amide bonds. The van der Waals surface area contributed by atoms with Gasteiger partial charge in [-0.3, -0.25) is 4.79 Å². The first-order chi connectivity index (χ1) is 18.1. The molecule has 0 N–H and O–H groups in total. The molecule has 0 fully saturated rings. The molecule has 0 bridgehead atoms. The third kappa shape index (κ3) is 6.91. The number of carbonyl (C=O) groups is 1. The van der Waals surface area contributed by atoms with Crippen LogP contribution in [-0.2, 0) is 0 Å². The van der Waals surface area contributed by atoms with Gasteiger partial charge in [0.25, 0.3) is 0 Å². The van der Waals surface area contributed by atoms with E-state index in [2.05, 4.69) is 40.7 Å². The minimum absolute atomic E-state index is 0.0141. The second-order valence-electron chi connectivity index (χ2n) is 9.49. The number of pyridine rings is 1. The summed E-state index contributed by atoms with van der Waals surface area (Å²) in [7, 11) is 0. The number of unbranched alkanes of at least 4 members (excludes halogenated alkanes) is 2. The van der Waals surface area contributed by atoms with E-state index in [0.717, 1.165) is 52.9 Å². The van der Waals surface area contributed by atoms with Crippen molar-refractivity contribution in [1.82, 2.24) is 9.30 Å². The summed E-state index contributed by atoms with van der Waals surface area (Å²) in [5.41, 5.74) is 4.26. The summed E-state index contributed by atoms with van der Waals surface area (Å²) in [6.07, 6.45) is 7.87. The normalized spacial score (nSPS) is 11.4. The van der Waals surface area contributed by atoms with Crippen LogP contribution >= 0.6 is 15.9 Å². The molecule has 37 heavy (non-hydrogen) atoms. The quantitative estimate of drug-likeness (QED) is 0.115. The number of benzene rings is 2. The molecule has 0 radical (unpaired) electrons. The van der Waals surface area contributed by atoms with Crippen LogP contribution in [0, 0.1) is 0 Å². The summed E-state index contributed by atoms with van der Waals surface area (Å²) in [6, 6.07) is 23.8. The highest BCUT2D eigenvalue weighted by molar-refractivity contribution is 9.10. The summed E-state index contributed by atoms with van der Waals surface area (Å²) in [6.45, 7) is 8.52. The SMILES string of the molecule is CCCCN(CCCC)CCCOc1ccc(C(=O)c2c(-c3ccccc3)cc3ccccn23)cc1Br. The zero-order chi connectivity index (χ0) is 26.0. The standard InChI is InChI=1S/C32H37BrN2O2/c1-3-5-18-34(19-6-4-2)20-12-22-37-30-17-16-26(23-29(30)33)32(36)31-28(25-13-8-7-9-14-25)24-27-15-10-11-21-35(27)31/h7-11,13-17,21,23-24H,3-6,12,18-20,22H2,1-2H3. The predicted octanol–water partition coefficient (Wildman–Crippen LogP) is 8.27. The lowest BCUT2D eigenvalue weighted by Crippen LogP contribution is -2.28. The summed E-state index contributed by atoms with van der Waals surface area (Å²) in [5.74, 6) is 0.758. The maximum Gasteiger partial charge on any atom is 0.210 e. The Balaban J connectivity index is 1.47. The lowest BCUT2D eigenvalue weighted by atomic mass is 10.0. The van der Waals surface area contributed by atoms with Crippen molar-refractivity contribution in [3.63, 3.8) is 0 Å². The average molecular weight is 562 g/mol. The fraction of sp³-hybridized carbons (Fsp3) is 0.344. The van der Waals surface area contributed by atoms with E-state index in [9.17, 15) is 4.79 Å². The Hall–Kier alpha value is -2.89. The number of ether oxygens (including phenoxy) is 1. The van der Waals surface area contributed by atoms with Crippen molar-refractivity contribution < 1.29 is 9.53 Å². The number of carbonyl (C=O) groups excluding carboxylic acids is 1. The third-order valence-corrected chi connectivity index (χ3v) is 7.33. The second kappa shape index (κ2) is 13.6. The summed E-state index contributed by atoms with van der Waals surface area (Å²) in [5, 5.41) is 0. The van der Waals surface area contributed by atoms with Gasteiger partial charge in [-0.2, -0.15) is 0 Å². The zero-order valence-corrected chi connectivity index (χ0v) is 23.5. The van der Waals surface area contributed by atoms with Crippen molar-refractivity contribution in [2.75, 3.05) is 26.2 Å². The Morgan fingerprint density at radius 3 is 2.27 bits per heavy atom. The predicted molar refractivity (Wildman–Crippen MR) is 157 cm³/mol. The first-order valence-electron chi connectivity index (χ1n) is 13.5. The van der Waals surface area contributed by atoms with Crippen LogP contribution in [0.4, 0.5) is 0 Å². The van der Waals surface area contributed by atoms with E-state index >= 15 is 0 Å². The molecule has 0 unspecified atom stereocenters. The van der Waals surface area contributed by atoms with E-state index in [0.29, 0.717) is 17.9 Å². The van der Waals surface area contributed by atoms with Crippen LogP contribution in [0.1, 0.15) is 62.0 Å². The minimum Gasteiger partial charge on any atom is -0.492 e. The van der Waals surface area contributed by atoms with Gasteiger partial charge < -0.3 is 14.0 Å². The molecule has 2 aromatic heterocycles. The Kier molecular flexibility index (Phi) is 9.98. The number of nitrogens with zero attached hydrogens (tertiary/aromatic N) is 2. The molecule has 5 heteroatoms. The van der Waals surface area contributed by atoms with Gasteiger partial charge in [0, 0.05) is 29.4 Å². The van der Waals surface area contributed by atoms with Crippen molar-refractivity contribution >= 4 is 27.2 Å². The molecular formula is C32H37BrN2O2. The van der Waals surface area contributed by atoms with E-state index < -0.39 is 0 Å². The number of halogens is 1. The minimum atomic E-state index is -0.0141. The van der Waals surface area contributed by atoms with Gasteiger partial charge in [-0.1, -0.05) is 63.1 Å². The lowest BCUT2D eigenvalue weighted by molar-refractivity contribution is 0.103. The maximum absolute atomic E-state index is 13.8. The van der Waals surface area contributed by atoms with Gasteiger partial charge in [0.1, 0.15) is 11.4 Å². The van der Waals surface area contributed by atoms with Crippen LogP contribution in [0.5, 0.6) is 5.75 Å². The molecule has 0 spiro atoms. The van der Waals surface area contributed by atoms with Crippen LogP contribution < -0.4 is 4.74 Å². The van der Waals surface area contributed by atoms with Gasteiger partial charge in [0.2, 0.25) is 5.78 Å². The van der Waals surface area contributed by atoms with Crippen LogP contribution in [0.25, 0.3) is 16.6 Å². The molecule has 0 aliphatic carbocycles. The Morgan fingerprint density at radius 1 is 0.865 bits per heavy atom. The highest BCUT2D eigenvalue weighted by atomic mass is 79.9. The van der Waals surface area contributed by atoms with Crippen LogP contribution in [0.15, 0.2) is 83.5 Å². The molecule has 2 heterocycles. The Bertz CT molecular complexity index is 1290. The first-order valence-corrected chi connectivity index (χ1v) is 14.3. The van der Waals surface area contributed by atoms with Gasteiger partial charge in [0.15, 0.2) is 0 Å². The van der Waals surface area contributed by atoms with Gasteiger partial charge >= 0.3 is 0 Å². The summed E-state index contributed by atoms with van der Waals surface area (Å²) >= 11 is 3.65. The first kappa shape index (κ1) is 27.2. The number of ketones is 1. The van der Waals surface area contributed by atoms with Gasteiger partial charge in [-0.15, -0.1) is 0 Å². The van der Waals surface area contributed by atoms with E-state index in [-0.39, 0.29) is 5.78 Å². The molecule has 194 valence electrons. The highest BCUT2D eigenvalue weighted by Gasteiger charge is 2.21. The van der Waals surface area contributed by atoms with Crippen molar-refractivity contribution in [2.45, 2.75) is 46.0 Å². The molecule has 0 saturated carbocycles. The molecule has 4 rings (SSSR count). The largest absolute Gasteiger partial charge is 0.492 e. The molecule has 0 atom stereocenters. The second-order valence-corrected chi connectivity index (χ2v) is 10.3. The molecular weight excluding hydrogens is 524 g/mol. The molecule has 0 aliphatic rings. The fourth-order valence-corrected chi connectivity index (χ4v) is 5.15. The molecule has 0 aliphatic heterocycles. The average Bonchev–Trinajstić information content (AvgIpc) is 3.32. The van der Waals surface area contributed by atoms with E-state index in [1.54, 1.807) is 0 Å². The van der Waals surface area contributed by atoms with Crippen LogP contribution in [-0.4, -0.2) is 41.3 Å². The molecule has 4 nitrogen and oxygen atoms in total. The van der Waals surface area contributed by atoms with Gasteiger partial charge in [-0.25, -0.2) is 0 Å². The monoisotopic (exact) mass is 560 g/mol. The third-order valence-electron chi connectivity index (χ3n) is 6.71. The van der Waals surface area contributed by atoms with Gasteiger partial charge in [0.05, 0.1) is 11.1 Å². The van der Waals surface area contributed by atoms with Crippen LogP contribution in [0.3, 0.4) is 0 Å². The van der Waals surface area contributed by atoms with Crippen molar-refractivity contribution in [3.8, 4) is 16.9 Å². The number of hydrogen-bond donors (Lipinski definition) is 0. The Morgan fingerprint density at radius 2 is 1.57 bits per heavy atom.